The number of likely N-dealkylation sites (N-methyl/N-ethyl adjacent to an activating group) is 1. The van der Waals surface area contributed by atoms with Crippen LogP contribution in [0.1, 0.15) is 38.7 Å². The zero-order valence-corrected chi connectivity index (χ0v) is 26.2. The van der Waals surface area contributed by atoms with Crippen LogP contribution in [0, 0.1) is 28.6 Å². The predicted octanol–water partition coefficient (Wildman–Crippen LogP) is 3.36. The molecule has 2 N–H and O–H groups in total. The third-order valence-corrected chi connectivity index (χ3v) is 11.6. The van der Waals surface area contributed by atoms with E-state index in [0.717, 1.165) is 75.9 Å². The van der Waals surface area contributed by atoms with Crippen molar-refractivity contribution in [2.45, 2.75) is 39.2 Å². The lowest BCUT2D eigenvalue weighted by molar-refractivity contribution is -0.147. The number of cyclic esters (lactones) is 1. The summed E-state index contributed by atoms with van der Waals surface area (Å²) in [6.45, 7) is 10.9. The molecule has 2 aliphatic carbocycles. The van der Waals surface area contributed by atoms with Crippen LogP contribution in [0.15, 0.2) is 63.8 Å². The lowest BCUT2D eigenvalue weighted by atomic mass is 9.45. The second-order valence-electron chi connectivity index (χ2n) is 14.1. The van der Waals surface area contributed by atoms with E-state index in [4.69, 9.17) is 9.73 Å². The Balaban J connectivity index is 1.15. The van der Waals surface area contributed by atoms with Crippen molar-refractivity contribution >= 4 is 29.4 Å². The van der Waals surface area contributed by atoms with Gasteiger partial charge in [-0.3, -0.25) is 0 Å². The zero-order chi connectivity index (χ0) is 30.6. The Bertz CT molecular complexity index is 1460. The highest BCUT2D eigenvalue weighted by molar-refractivity contribution is 6.02. The molecule has 0 bridgehead atoms. The highest BCUT2D eigenvalue weighted by Crippen LogP contribution is 2.61. The highest BCUT2D eigenvalue weighted by Gasteiger charge is 2.60. The number of ether oxygens (including phenoxy) is 1. The SMILES string of the molecule is CN1CCN(c2ccc(/C=C3C=C(/C=C/C4C5CN6CCN=C6N=C5CC5[C@]4(C)CC[C@@H](O)[C@@]5(C)CO)C(=O)O\3)cc2)CC1. The van der Waals surface area contributed by atoms with Gasteiger partial charge in [0.1, 0.15) is 5.76 Å². The van der Waals surface area contributed by atoms with E-state index in [0.29, 0.717) is 17.8 Å². The molecule has 6 atom stereocenters. The molecule has 3 fully saturated rings. The van der Waals surface area contributed by atoms with Gasteiger partial charge in [0.05, 0.1) is 24.8 Å². The van der Waals surface area contributed by atoms with E-state index >= 15 is 0 Å². The van der Waals surface area contributed by atoms with Crippen molar-refractivity contribution in [2.24, 2.45) is 38.6 Å². The summed E-state index contributed by atoms with van der Waals surface area (Å²) in [5.41, 5.74) is 3.06. The van der Waals surface area contributed by atoms with Crippen molar-refractivity contribution in [3.8, 4) is 0 Å². The molecule has 1 aromatic rings. The van der Waals surface area contributed by atoms with Crippen molar-refractivity contribution < 1.29 is 19.7 Å². The van der Waals surface area contributed by atoms with Crippen LogP contribution in [-0.2, 0) is 9.53 Å². The predicted molar refractivity (Wildman–Crippen MR) is 172 cm³/mol. The van der Waals surface area contributed by atoms with Gasteiger partial charge in [0.25, 0.3) is 0 Å². The molecule has 6 aliphatic rings. The number of nitrogens with zero attached hydrogens (tertiary/aromatic N) is 5. The van der Waals surface area contributed by atoms with Crippen LogP contribution in [0.3, 0.4) is 0 Å². The summed E-state index contributed by atoms with van der Waals surface area (Å²) in [6, 6.07) is 8.43. The van der Waals surface area contributed by atoms with Gasteiger partial charge in [-0.15, -0.1) is 0 Å². The van der Waals surface area contributed by atoms with Crippen LogP contribution in [0.5, 0.6) is 0 Å². The molecule has 3 unspecified atom stereocenters. The maximum atomic E-state index is 13.0. The fraction of sp³-hybridized carbons (Fsp3) is 0.571. The number of aliphatic imine (C=N–C) groups is 2. The van der Waals surface area contributed by atoms with Crippen molar-refractivity contribution in [1.29, 1.82) is 0 Å². The minimum absolute atomic E-state index is 0.0516. The molecule has 0 spiro atoms. The van der Waals surface area contributed by atoms with E-state index in [1.165, 1.54) is 5.69 Å². The Morgan fingerprint density at radius 1 is 1.09 bits per heavy atom. The van der Waals surface area contributed by atoms with Crippen molar-refractivity contribution in [1.82, 2.24) is 9.80 Å². The second-order valence-corrected chi connectivity index (χ2v) is 14.1. The first-order chi connectivity index (χ1) is 21.2. The Hall–Kier alpha value is -3.27. The average Bonchev–Trinajstić information content (AvgIpc) is 3.63. The molecule has 4 aliphatic heterocycles. The minimum Gasteiger partial charge on any atom is -0.423 e. The van der Waals surface area contributed by atoms with Gasteiger partial charge < -0.3 is 29.6 Å². The summed E-state index contributed by atoms with van der Waals surface area (Å²) in [5, 5.41) is 21.6. The number of esters is 1. The number of anilines is 1. The van der Waals surface area contributed by atoms with Crippen LogP contribution in [0.4, 0.5) is 5.69 Å². The largest absolute Gasteiger partial charge is 0.423 e. The number of allylic oxidation sites excluding steroid dienone is 2. The van der Waals surface area contributed by atoms with Gasteiger partial charge in [-0.05, 0) is 73.4 Å². The minimum atomic E-state index is -0.622. The quantitative estimate of drug-likeness (QED) is 0.501. The van der Waals surface area contributed by atoms with Crippen molar-refractivity contribution in [2.75, 3.05) is 64.4 Å². The van der Waals surface area contributed by atoms with Crippen molar-refractivity contribution in [3.05, 3.63) is 59.4 Å². The maximum Gasteiger partial charge on any atom is 0.343 e. The smallest absolute Gasteiger partial charge is 0.343 e. The lowest BCUT2D eigenvalue weighted by Gasteiger charge is -2.61. The molecule has 4 heterocycles. The van der Waals surface area contributed by atoms with E-state index in [9.17, 15) is 15.0 Å². The van der Waals surface area contributed by atoms with Crippen LogP contribution < -0.4 is 4.90 Å². The topological polar surface area (TPSA) is 101 Å². The lowest BCUT2D eigenvalue weighted by Crippen LogP contribution is -2.62. The standard InChI is InChI=1S/C35H45N5O4/c1-34-11-10-31(42)35(2,22-41)30(34)20-29-27(21-40-13-12-36-33(40)37-29)28(34)9-6-24-19-26(44-32(24)43)18-23-4-7-25(8-5-23)39-16-14-38(3)15-17-39/h4-9,18-19,27-28,30-31,41-42H,10-17,20-22H2,1-3H3/b9-6+,26-18+/t27?,28?,30?,31-,34-,35+/m1/s1. The first-order valence-electron chi connectivity index (χ1n) is 16.2. The van der Waals surface area contributed by atoms with Gasteiger partial charge >= 0.3 is 5.97 Å². The number of hydrogen-bond acceptors (Lipinski definition) is 9. The molecule has 0 amide bonds. The summed E-state index contributed by atoms with van der Waals surface area (Å²) < 4.78 is 5.68. The number of rotatable bonds is 5. The third kappa shape index (κ3) is 5.03. The normalized spacial score (nSPS) is 36.5. The number of carbonyl (C=O) groups is 1. The van der Waals surface area contributed by atoms with E-state index in [1.54, 1.807) is 0 Å². The van der Waals surface area contributed by atoms with Crippen LogP contribution in [-0.4, -0.2) is 103 Å². The molecule has 1 saturated heterocycles. The van der Waals surface area contributed by atoms with E-state index in [2.05, 4.69) is 64.0 Å². The molecule has 234 valence electrons. The maximum absolute atomic E-state index is 13.0. The third-order valence-electron chi connectivity index (χ3n) is 11.6. The monoisotopic (exact) mass is 599 g/mol. The summed E-state index contributed by atoms with van der Waals surface area (Å²) in [5.74, 6) is 1.35. The number of fused-ring (bicyclic) bond motifs is 3. The van der Waals surface area contributed by atoms with E-state index < -0.39 is 11.5 Å². The van der Waals surface area contributed by atoms with Gasteiger partial charge in [-0.25, -0.2) is 14.8 Å². The molecular weight excluding hydrogens is 554 g/mol. The highest BCUT2D eigenvalue weighted by atomic mass is 16.5. The molecule has 0 aromatic heterocycles. The van der Waals surface area contributed by atoms with Gasteiger partial charge in [0, 0.05) is 62.0 Å². The number of benzene rings is 1. The molecular formula is C35H45N5O4. The number of hydrogen-bond donors (Lipinski definition) is 2. The van der Waals surface area contributed by atoms with Gasteiger partial charge in [0.2, 0.25) is 5.96 Å². The zero-order valence-electron chi connectivity index (χ0n) is 26.2. The summed E-state index contributed by atoms with van der Waals surface area (Å²) in [6.07, 6.45) is 9.57. The number of carbonyl (C=O) groups excluding carboxylic acids is 1. The summed E-state index contributed by atoms with van der Waals surface area (Å²) in [4.78, 5) is 29.7. The summed E-state index contributed by atoms with van der Waals surface area (Å²) >= 11 is 0. The average molecular weight is 600 g/mol. The van der Waals surface area contributed by atoms with Crippen LogP contribution in [0.25, 0.3) is 6.08 Å². The Labute approximate surface area is 260 Å². The van der Waals surface area contributed by atoms with Crippen molar-refractivity contribution in [3.63, 3.8) is 0 Å². The molecule has 1 aromatic carbocycles. The molecule has 44 heavy (non-hydrogen) atoms. The Morgan fingerprint density at radius 3 is 2.61 bits per heavy atom. The summed E-state index contributed by atoms with van der Waals surface area (Å²) in [7, 11) is 2.16. The fourth-order valence-corrected chi connectivity index (χ4v) is 8.67. The van der Waals surface area contributed by atoms with Crippen LogP contribution in [0.2, 0.25) is 0 Å². The van der Waals surface area contributed by atoms with E-state index in [-0.39, 0.29) is 35.7 Å². The first-order valence-corrected chi connectivity index (χ1v) is 16.2. The molecule has 0 radical (unpaired) electrons. The van der Waals surface area contributed by atoms with Gasteiger partial charge in [0.15, 0.2) is 0 Å². The molecule has 2 saturated carbocycles. The second kappa shape index (κ2) is 11.3. The number of guanidine groups is 1. The van der Waals surface area contributed by atoms with E-state index in [1.807, 2.05) is 25.2 Å². The number of piperazine rings is 1. The molecule has 7 rings (SSSR count). The Kier molecular flexibility index (Phi) is 7.54. The number of aliphatic hydroxyl groups is 2. The molecule has 9 nitrogen and oxygen atoms in total. The Morgan fingerprint density at radius 2 is 1.86 bits per heavy atom. The van der Waals surface area contributed by atoms with Crippen LogP contribution >= 0.6 is 0 Å². The van der Waals surface area contributed by atoms with Gasteiger partial charge in [-0.1, -0.05) is 38.1 Å². The van der Waals surface area contributed by atoms with Gasteiger partial charge in [-0.2, -0.15) is 0 Å². The first kappa shape index (κ1) is 29.4. The number of aliphatic hydroxyl groups excluding tert-OH is 2. The fourth-order valence-electron chi connectivity index (χ4n) is 8.67. The molecule has 9 heteroatoms.